The highest BCUT2D eigenvalue weighted by molar-refractivity contribution is 5.37. The Balaban J connectivity index is 1.72. The summed E-state index contributed by atoms with van der Waals surface area (Å²) in [5.74, 6) is 0.677. The Morgan fingerprint density at radius 3 is 3.11 bits per heavy atom. The lowest BCUT2D eigenvalue weighted by Crippen LogP contribution is -2.27. The SMILES string of the molecule is COCc1nn(CC2Cc3ccccc3O2)c(=O)o1. The second-order valence-electron chi connectivity index (χ2n) is 4.43. The maximum atomic E-state index is 11.6. The van der Waals surface area contributed by atoms with Crippen LogP contribution < -0.4 is 10.5 Å². The third kappa shape index (κ3) is 2.39. The molecule has 100 valence electrons. The zero-order valence-electron chi connectivity index (χ0n) is 10.5. The highest BCUT2D eigenvalue weighted by atomic mass is 16.5. The van der Waals surface area contributed by atoms with E-state index in [0.29, 0.717) is 6.54 Å². The number of hydrogen-bond donors (Lipinski definition) is 0. The van der Waals surface area contributed by atoms with Crippen molar-refractivity contribution in [3.8, 4) is 5.75 Å². The number of fused-ring (bicyclic) bond motifs is 1. The lowest BCUT2D eigenvalue weighted by Gasteiger charge is -2.08. The van der Waals surface area contributed by atoms with Crippen LogP contribution in [0.1, 0.15) is 11.5 Å². The molecule has 1 atom stereocenters. The van der Waals surface area contributed by atoms with Gasteiger partial charge in [-0.2, -0.15) is 4.68 Å². The summed E-state index contributed by atoms with van der Waals surface area (Å²) in [5, 5.41) is 4.06. The predicted molar refractivity (Wildman–Crippen MR) is 66.0 cm³/mol. The van der Waals surface area contributed by atoms with Gasteiger partial charge in [0, 0.05) is 13.5 Å². The van der Waals surface area contributed by atoms with Gasteiger partial charge in [0.25, 0.3) is 0 Å². The first-order valence-electron chi connectivity index (χ1n) is 6.06. The van der Waals surface area contributed by atoms with Crippen LogP contribution in [0.25, 0.3) is 0 Å². The molecule has 0 radical (unpaired) electrons. The van der Waals surface area contributed by atoms with Gasteiger partial charge in [-0.1, -0.05) is 18.2 Å². The summed E-state index contributed by atoms with van der Waals surface area (Å²) in [4.78, 5) is 11.6. The van der Waals surface area contributed by atoms with Crippen molar-refractivity contribution < 1.29 is 13.9 Å². The molecular weight excluding hydrogens is 248 g/mol. The number of nitrogens with zero attached hydrogens (tertiary/aromatic N) is 2. The highest BCUT2D eigenvalue weighted by Gasteiger charge is 2.24. The third-order valence-electron chi connectivity index (χ3n) is 3.01. The molecule has 0 spiro atoms. The first-order valence-corrected chi connectivity index (χ1v) is 6.06. The Morgan fingerprint density at radius 2 is 2.32 bits per heavy atom. The van der Waals surface area contributed by atoms with Gasteiger partial charge in [0.05, 0.1) is 6.54 Å². The monoisotopic (exact) mass is 262 g/mol. The number of ether oxygens (including phenoxy) is 2. The lowest BCUT2D eigenvalue weighted by atomic mass is 10.1. The molecule has 1 aliphatic heterocycles. The van der Waals surface area contributed by atoms with Crippen molar-refractivity contribution in [2.24, 2.45) is 0 Å². The number of methoxy groups -OCH3 is 1. The molecule has 0 bridgehead atoms. The van der Waals surface area contributed by atoms with Gasteiger partial charge in [-0.25, -0.2) is 4.79 Å². The average molecular weight is 262 g/mol. The van der Waals surface area contributed by atoms with E-state index in [1.807, 2.05) is 24.3 Å². The number of hydrogen-bond acceptors (Lipinski definition) is 5. The zero-order chi connectivity index (χ0) is 13.2. The highest BCUT2D eigenvalue weighted by Crippen LogP contribution is 2.28. The number of benzene rings is 1. The maximum Gasteiger partial charge on any atom is 0.437 e. The number of aromatic nitrogens is 2. The Hall–Kier alpha value is -2.08. The smallest absolute Gasteiger partial charge is 0.437 e. The van der Waals surface area contributed by atoms with E-state index in [1.54, 1.807) is 0 Å². The van der Waals surface area contributed by atoms with Crippen LogP contribution in [-0.4, -0.2) is 23.0 Å². The Labute approximate surface area is 109 Å². The van der Waals surface area contributed by atoms with Crippen molar-refractivity contribution in [2.75, 3.05) is 7.11 Å². The topological polar surface area (TPSA) is 66.5 Å². The fraction of sp³-hybridized carbons (Fsp3) is 0.385. The zero-order valence-corrected chi connectivity index (χ0v) is 10.5. The number of rotatable bonds is 4. The van der Waals surface area contributed by atoms with Gasteiger partial charge in [0.15, 0.2) is 0 Å². The van der Waals surface area contributed by atoms with Crippen molar-refractivity contribution >= 4 is 0 Å². The van der Waals surface area contributed by atoms with Gasteiger partial charge in [0.1, 0.15) is 18.5 Å². The van der Waals surface area contributed by atoms with Gasteiger partial charge in [0.2, 0.25) is 5.89 Å². The van der Waals surface area contributed by atoms with Crippen molar-refractivity contribution in [3.63, 3.8) is 0 Å². The minimum atomic E-state index is -0.480. The normalized spacial score (nSPS) is 17.2. The Morgan fingerprint density at radius 1 is 1.47 bits per heavy atom. The van der Waals surface area contributed by atoms with E-state index in [0.717, 1.165) is 17.7 Å². The van der Waals surface area contributed by atoms with Gasteiger partial charge < -0.3 is 13.9 Å². The molecule has 0 N–H and O–H groups in total. The molecule has 1 unspecified atom stereocenters. The Kier molecular flexibility index (Phi) is 3.08. The summed E-state index contributed by atoms with van der Waals surface area (Å²) in [6.45, 7) is 0.564. The van der Waals surface area contributed by atoms with Gasteiger partial charge in [-0.3, -0.25) is 0 Å². The van der Waals surface area contributed by atoms with Crippen LogP contribution in [0.15, 0.2) is 33.5 Å². The molecule has 2 aromatic rings. The van der Waals surface area contributed by atoms with Crippen LogP contribution in [0, 0.1) is 0 Å². The second kappa shape index (κ2) is 4.89. The van der Waals surface area contributed by atoms with Crippen LogP contribution in [-0.2, 0) is 24.3 Å². The summed E-state index contributed by atoms with van der Waals surface area (Å²) in [5.41, 5.74) is 1.15. The van der Waals surface area contributed by atoms with Gasteiger partial charge in [-0.15, -0.1) is 5.10 Å². The molecule has 2 heterocycles. The minimum Gasteiger partial charge on any atom is -0.488 e. The third-order valence-corrected chi connectivity index (χ3v) is 3.01. The lowest BCUT2D eigenvalue weighted by molar-refractivity contribution is 0.158. The van der Waals surface area contributed by atoms with E-state index < -0.39 is 5.76 Å². The molecule has 0 aliphatic carbocycles. The Bertz CT molecular complexity index is 607. The van der Waals surface area contributed by atoms with Crippen LogP contribution in [0.2, 0.25) is 0 Å². The van der Waals surface area contributed by atoms with E-state index in [9.17, 15) is 4.79 Å². The van der Waals surface area contributed by atoms with Crippen molar-refractivity contribution in [1.29, 1.82) is 0 Å². The molecule has 0 saturated carbocycles. The molecule has 0 amide bonds. The standard InChI is InChI=1S/C13H14N2O4/c1-17-8-12-14-15(13(16)19-12)7-10-6-9-4-2-3-5-11(9)18-10/h2-5,10H,6-8H2,1H3. The van der Waals surface area contributed by atoms with Crippen molar-refractivity contribution in [3.05, 3.63) is 46.3 Å². The molecule has 1 aliphatic rings. The fourth-order valence-corrected chi connectivity index (χ4v) is 2.20. The van der Waals surface area contributed by atoms with Crippen LogP contribution in [0.5, 0.6) is 5.75 Å². The van der Waals surface area contributed by atoms with Crippen LogP contribution in [0.3, 0.4) is 0 Å². The quantitative estimate of drug-likeness (QED) is 0.822. The summed E-state index contributed by atoms with van der Waals surface area (Å²) in [7, 11) is 1.52. The van der Waals surface area contributed by atoms with Crippen LogP contribution in [0.4, 0.5) is 0 Å². The molecule has 19 heavy (non-hydrogen) atoms. The van der Waals surface area contributed by atoms with Gasteiger partial charge in [-0.05, 0) is 11.6 Å². The first-order chi connectivity index (χ1) is 9.26. The second-order valence-corrected chi connectivity index (χ2v) is 4.43. The average Bonchev–Trinajstić information content (AvgIpc) is 2.94. The van der Waals surface area contributed by atoms with Crippen LogP contribution >= 0.6 is 0 Å². The van der Waals surface area contributed by atoms with Gasteiger partial charge >= 0.3 is 5.76 Å². The summed E-state index contributed by atoms with van der Waals surface area (Å²) in [6, 6.07) is 7.86. The molecule has 3 rings (SSSR count). The van der Waals surface area contributed by atoms with E-state index in [2.05, 4.69) is 5.10 Å². The molecule has 1 aromatic heterocycles. The molecular formula is C13H14N2O4. The van der Waals surface area contributed by atoms with E-state index in [1.165, 1.54) is 11.8 Å². The number of para-hydroxylation sites is 1. The largest absolute Gasteiger partial charge is 0.488 e. The van der Waals surface area contributed by atoms with E-state index in [4.69, 9.17) is 13.9 Å². The van der Waals surface area contributed by atoms with E-state index >= 15 is 0 Å². The summed E-state index contributed by atoms with van der Waals surface area (Å²) >= 11 is 0. The van der Waals surface area contributed by atoms with Crippen molar-refractivity contribution in [1.82, 2.24) is 9.78 Å². The summed E-state index contributed by atoms with van der Waals surface area (Å²) in [6.07, 6.45) is 0.685. The molecule has 0 fully saturated rings. The first kappa shape index (κ1) is 12.0. The van der Waals surface area contributed by atoms with Crippen molar-refractivity contribution in [2.45, 2.75) is 25.7 Å². The predicted octanol–water partition coefficient (Wildman–Crippen LogP) is 0.986. The molecule has 0 saturated heterocycles. The fourth-order valence-electron chi connectivity index (χ4n) is 2.20. The molecule has 1 aromatic carbocycles. The summed E-state index contributed by atoms with van der Waals surface area (Å²) < 4.78 is 16.9. The molecule has 6 nitrogen and oxygen atoms in total. The molecule has 6 heteroatoms. The minimum absolute atomic E-state index is 0.0874. The van der Waals surface area contributed by atoms with E-state index in [-0.39, 0.29) is 18.6 Å². The maximum absolute atomic E-state index is 11.6.